The predicted octanol–water partition coefficient (Wildman–Crippen LogP) is 4.85. The molecule has 160 valence electrons. The molecule has 8 heteroatoms. The van der Waals surface area contributed by atoms with E-state index in [1.54, 1.807) is 24.2 Å². The van der Waals surface area contributed by atoms with Crippen LogP contribution in [-0.2, 0) is 11.8 Å². The largest absolute Gasteiger partial charge is 0.305 e. The van der Waals surface area contributed by atoms with E-state index in [-0.39, 0.29) is 17.7 Å². The van der Waals surface area contributed by atoms with Gasteiger partial charge in [0.15, 0.2) is 11.0 Å². The van der Waals surface area contributed by atoms with Crippen molar-refractivity contribution in [1.29, 1.82) is 0 Å². The highest BCUT2D eigenvalue weighted by atomic mass is 32.2. The first-order chi connectivity index (χ1) is 15.7. The highest BCUT2D eigenvalue weighted by Crippen LogP contribution is 2.43. The maximum atomic E-state index is 13.5. The van der Waals surface area contributed by atoms with Crippen LogP contribution in [0.15, 0.2) is 89.2 Å². The van der Waals surface area contributed by atoms with Crippen LogP contribution >= 0.6 is 23.5 Å². The first-order valence-corrected chi connectivity index (χ1v) is 12.2. The quantitative estimate of drug-likeness (QED) is 0.398. The van der Waals surface area contributed by atoms with Crippen molar-refractivity contribution in [3.05, 3.63) is 84.7 Å². The molecule has 1 aliphatic rings. The van der Waals surface area contributed by atoms with Crippen molar-refractivity contribution >= 4 is 35.1 Å². The van der Waals surface area contributed by atoms with Crippen molar-refractivity contribution in [2.24, 2.45) is 7.05 Å². The molecule has 5 rings (SSSR count). The Balaban J connectivity index is 1.39. The molecule has 0 spiro atoms. The van der Waals surface area contributed by atoms with Gasteiger partial charge in [0.05, 0.1) is 17.5 Å². The summed E-state index contributed by atoms with van der Waals surface area (Å²) < 4.78 is 1.92. The number of aromatic nitrogens is 4. The summed E-state index contributed by atoms with van der Waals surface area (Å²) in [7, 11) is 1.92. The Morgan fingerprint density at radius 3 is 2.59 bits per heavy atom. The lowest BCUT2D eigenvalue weighted by molar-refractivity contribution is -0.116. The van der Waals surface area contributed by atoms with Gasteiger partial charge in [-0.05, 0) is 29.8 Å². The van der Waals surface area contributed by atoms with Gasteiger partial charge in [-0.25, -0.2) is 0 Å². The molecule has 0 saturated heterocycles. The van der Waals surface area contributed by atoms with E-state index in [4.69, 9.17) is 0 Å². The number of carbonyl (C=O) groups is 1. The van der Waals surface area contributed by atoms with E-state index in [0.717, 1.165) is 33.3 Å². The second kappa shape index (κ2) is 9.18. The Hall–Kier alpha value is -3.10. The number of anilines is 1. The summed E-state index contributed by atoms with van der Waals surface area (Å²) in [6.07, 6.45) is 3.46. The molecule has 6 nitrogen and oxygen atoms in total. The average Bonchev–Trinajstić information content (AvgIpc) is 3.23. The van der Waals surface area contributed by atoms with Crippen LogP contribution in [-0.4, -0.2) is 37.2 Å². The SMILES string of the molecule is Cn1c(SCC(=O)N2c3ccccc3SC[C@H]2c2ccccc2)nnc1-c1ccncc1. The number of rotatable bonds is 5. The second-order valence-corrected chi connectivity index (χ2v) is 9.36. The number of thioether (sulfide) groups is 2. The number of hydrogen-bond donors (Lipinski definition) is 0. The number of nitrogens with zero attached hydrogens (tertiary/aromatic N) is 5. The minimum atomic E-state index is -0.00363. The molecule has 0 fully saturated rings. The predicted molar refractivity (Wildman–Crippen MR) is 129 cm³/mol. The zero-order chi connectivity index (χ0) is 21.9. The number of para-hydroxylation sites is 1. The Kier molecular flexibility index (Phi) is 5.96. The Morgan fingerprint density at radius 2 is 1.78 bits per heavy atom. The number of benzene rings is 2. The van der Waals surface area contributed by atoms with Crippen LogP contribution in [0.5, 0.6) is 0 Å². The molecule has 0 aliphatic carbocycles. The summed E-state index contributed by atoms with van der Waals surface area (Å²) in [5.41, 5.74) is 3.06. The zero-order valence-electron chi connectivity index (χ0n) is 17.5. The number of fused-ring (bicyclic) bond motifs is 1. The van der Waals surface area contributed by atoms with Gasteiger partial charge >= 0.3 is 0 Å². The summed E-state index contributed by atoms with van der Waals surface area (Å²) in [4.78, 5) is 20.7. The van der Waals surface area contributed by atoms with E-state index < -0.39 is 0 Å². The van der Waals surface area contributed by atoms with Gasteiger partial charge in [-0.15, -0.1) is 22.0 Å². The molecule has 0 N–H and O–H groups in total. The highest BCUT2D eigenvalue weighted by Gasteiger charge is 2.32. The fraction of sp³-hybridized carbons (Fsp3) is 0.167. The summed E-state index contributed by atoms with van der Waals surface area (Å²) in [6, 6.07) is 22.2. The first kappa shape index (κ1) is 20.8. The normalized spacial score (nSPS) is 15.4. The summed E-state index contributed by atoms with van der Waals surface area (Å²) in [5.74, 6) is 1.92. The smallest absolute Gasteiger partial charge is 0.238 e. The molecule has 0 radical (unpaired) electrons. The molecule has 0 saturated carbocycles. The van der Waals surface area contributed by atoms with Crippen LogP contribution < -0.4 is 4.90 Å². The maximum absolute atomic E-state index is 13.5. The summed E-state index contributed by atoms with van der Waals surface area (Å²) in [5, 5.41) is 9.33. The first-order valence-electron chi connectivity index (χ1n) is 10.2. The molecule has 1 amide bonds. The Bertz CT molecular complexity index is 1230. The van der Waals surface area contributed by atoms with Gasteiger partial charge in [0.25, 0.3) is 0 Å². The van der Waals surface area contributed by atoms with Crippen molar-refractivity contribution < 1.29 is 4.79 Å². The fourth-order valence-corrected chi connectivity index (χ4v) is 5.75. The van der Waals surface area contributed by atoms with Crippen LogP contribution in [0.2, 0.25) is 0 Å². The van der Waals surface area contributed by atoms with Crippen LogP contribution in [0.3, 0.4) is 0 Å². The standard InChI is InChI=1S/C24H21N5OS2/c1-28-23(18-11-13-25-14-12-18)26-27-24(28)32-16-22(30)29-19-9-5-6-10-21(19)31-15-20(29)17-7-3-2-4-8-17/h2-14,20H,15-16H2,1H3/t20-/m0/s1. The van der Waals surface area contributed by atoms with Crippen LogP contribution in [0, 0.1) is 0 Å². The van der Waals surface area contributed by atoms with Gasteiger partial charge in [0.2, 0.25) is 5.91 Å². The van der Waals surface area contributed by atoms with E-state index in [1.165, 1.54) is 11.8 Å². The minimum Gasteiger partial charge on any atom is -0.305 e. The third-order valence-corrected chi connectivity index (χ3v) is 7.53. The third kappa shape index (κ3) is 4.03. The topological polar surface area (TPSA) is 63.9 Å². The molecule has 3 heterocycles. The van der Waals surface area contributed by atoms with Gasteiger partial charge < -0.3 is 9.47 Å². The fourth-order valence-electron chi connectivity index (χ4n) is 3.81. The Labute approximate surface area is 195 Å². The molecule has 0 unspecified atom stereocenters. The van der Waals surface area contributed by atoms with Crippen molar-refractivity contribution in [2.75, 3.05) is 16.4 Å². The van der Waals surface area contributed by atoms with Crippen LogP contribution in [0.1, 0.15) is 11.6 Å². The van der Waals surface area contributed by atoms with E-state index in [2.05, 4.69) is 33.4 Å². The van der Waals surface area contributed by atoms with Crippen molar-refractivity contribution in [2.45, 2.75) is 16.1 Å². The molecular weight excluding hydrogens is 438 g/mol. The highest BCUT2D eigenvalue weighted by molar-refractivity contribution is 8.00. The molecule has 1 atom stereocenters. The Morgan fingerprint density at radius 1 is 1.03 bits per heavy atom. The van der Waals surface area contributed by atoms with Crippen LogP contribution in [0.4, 0.5) is 5.69 Å². The van der Waals surface area contributed by atoms with E-state index in [9.17, 15) is 4.79 Å². The van der Waals surface area contributed by atoms with Gasteiger partial charge in [0, 0.05) is 35.7 Å². The van der Waals surface area contributed by atoms with Gasteiger partial charge in [0.1, 0.15) is 0 Å². The third-order valence-electron chi connectivity index (χ3n) is 5.38. The maximum Gasteiger partial charge on any atom is 0.238 e. The zero-order valence-corrected chi connectivity index (χ0v) is 19.1. The van der Waals surface area contributed by atoms with Crippen molar-refractivity contribution in [3.8, 4) is 11.4 Å². The van der Waals surface area contributed by atoms with Crippen molar-refractivity contribution in [1.82, 2.24) is 19.7 Å². The second-order valence-electron chi connectivity index (χ2n) is 7.36. The molecule has 2 aromatic carbocycles. The van der Waals surface area contributed by atoms with Gasteiger partial charge in [-0.3, -0.25) is 9.78 Å². The molecule has 4 aromatic rings. The molecular formula is C24H21N5OS2. The van der Waals surface area contributed by atoms with Crippen molar-refractivity contribution in [3.63, 3.8) is 0 Å². The number of hydrogen-bond acceptors (Lipinski definition) is 6. The summed E-state index contributed by atoms with van der Waals surface area (Å²) in [6.45, 7) is 0. The van der Waals surface area contributed by atoms with E-state index >= 15 is 0 Å². The summed E-state index contributed by atoms with van der Waals surface area (Å²) >= 11 is 3.21. The molecule has 1 aliphatic heterocycles. The molecule has 2 aromatic heterocycles. The van der Waals surface area contributed by atoms with E-state index in [0.29, 0.717) is 5.16 Å². The lowest BCUT2D eigenvalue weighted by Crippen LogP contribution is -2.39. The minimum absolute atomic E-state index is 0.00363. The average molecular weight is 460 g/mol. The lowest BCUT2D eigenvalue weighted by Gasteiger charge is -2.37. The number of amides is 1. The lowest BCUT2D eigenvalue weighted by atomic mass is 10.1. The van der Waals surface area contributed by atoms with Crippen LogP contribution in [0.25, 0.3) is 11.4 Å². The molecule has 0 bridgehead atoms. The molecule has 32 heavy (non-hydrogen) atoms. The van der Waals surface area contributed by atoms with Gasteiger partial charge in [-0.2, -0.15) is 0 Å². The van der Waals surface area contributed by atoms with E-state index in [1.807, 2.05) is 65.0 Å². The monoisotopic (exact) mass is 459 g/mol. The number of carbonyl (C=O) groups excluding carboxylic acids is 1. The number of pyridine rings is 1. The van der Waals surface area contributed by atoms with Gasteiger partial charge in [-0.1, -0.05) is 54.2 Å².